The van der Waals surface area contributed by atoms with Gasteiger partial charge in [0, 0.05) is 13.0 Å². The fraction of sp³-hybridized carbons (Fsp3) is 0.500. The summed E-state index contributed by atoms with van der Waals surface area (Å²) in [7, 11) is 4.08. The van der Waals surface area contributed by atoms with Crippen LogP contribution in [0.4, 0.5) is 0 Å². The van der Waals surface area contributed by atoms with Gasteiger partial charge < -0.3 is 9.32 Å². The molecule has 7 heteroatoms. The highest BCUT2D eigenvalue weighted by Crippen LogP contribution is 2.29. The molecule has 0 bridgehead atoms. The Kier molecular flexibility index (Phi) is 5.58. The minimum Gasteiger partial charge on any atom is -0.464 e. The Balaban J connectivity index is 2.30. The van der Waals surface area contributed by atoms with Crippen molar-refractivity contribution in [3.8, 4) is 0 Å². The third-order valence-corrected chi connectivity index (χ3v) is 3.96. The largest absolute Gasteiger partial charge is 0.464 e. The number of likely N-dealkylation sites (N-methyl/N-ethyl adjacent to an activating group) is 1. The maximum Gasteiger partial charge on any atom is 0.128 e. The van der Waals surface area contributed by atoms with E-state index in [2.05, 4.69) is 38.3 Å². The van der Waals surface area contributed by atoms with Gasteiger partial charge in [0.05, 0.1) is 22.9 Å². The molecule has 0 spiro atoms. The summed E-state index contributed by atoms with van der Waals surface area (Å²) in [4.78, 5) is 2.12. The summed E-state index contributed by atoms with van der Waals surface area (Å²) >= 11 is 3.55. The first kappa shape index (κ1) is 16.2. The summed E-state index contributed by atoms with van der Waals surface area (Å²) in [6.45, 7) is 3.75. The molecule has 0 saturated heterocycles. The van der Waals surface area contributed by atoms with Crippen LogP contribution in [-0.4, -0.2) is 35.3 Å². The Bertz CT molecular complexity index is 578. The molecule has 0 amide bonds. The predicted octanol–water partition coefficient (Wildman–Crippen LogP) is 1.92. The number of halogens is 1. The van der Waals surface area contributed by atoms with Crippen molar-refractivity contribution in [2.24, 2.45) is 5.84 Å². The van der Waals surface area contributed by atoms with Crippen molar-refractivity contribution < 1.29 is 4.42 Å². The Hall–Kier alpha value is -1.15. The van der Waals surface area contributed by atoms with Gasteiger partial charge in [-0.3, -0.25) is 10.5 Å². The molecule has 2 heterocycles. The summed E-state index contributed by atoms with van der Waals surface area (Å²) in [6, 6.07) is 3.71. The molecule has 0 fully saturated rings. The van der Waals surface area contributed by atoms with E-state index in [1.54, 1.807) is 6.20 Å². The monoisotopic (exact) mass is 355 g/mol. The second-order valence-corrected chi connectivity index (χ2v) is 6.02. The van der Waals surface area contributed by atoms with Gasteiger partial charge in [0.25, 0.3) is 0 Å². The highest BCUT2D eigenvalue weighted by molar-refractivity contribution is 9.10. The number of aryl methyl sites for hydroxylation is 1. The number of nitrogens with one attached hydrogen (secondary N) is 1. The Morgan fingerprint density at radius 2 is 2.24 bits per heavy atom. The Labute approximate surface area is 133 Å². The summed E-state index contributed by atoms with van der Waals surface area (Å²) in [6.07, 6.45) is 2.65. The quantitative estimate of drug-likeness (QED) is 0.586. The van der Waals surface area contributed by atoms with E-state index in [0.29, 0.717) is 0 Å². The van der Waals surface area contributed by atoms with Gasteiger partial charge in [0.1, 0.15) is 17.6 Å². The maximum absolute atomic E-state index is 5.83. The molecule has 2 rings (SSSR count). The normalized spacial score (nSPS) is 13.0. The summed E-state index contributed by atoms with van der Waals surface area (Å²) in [5.41, 5.74) is 3.80. The first-order chi connectivity index (χ1) is 10.1. The van der Waals surface area contributed by atoms with Gasteiger partial charge in [0.2, 0.25) is 0 Å². The number of aromatic nitrogens is 2. The third-order valence-electron chi connectivity index (χ3n) is 3.35. The van der Waals surface area contributed by atoms with Crippen molar-refractivity contribution in [2.45, 2.75) is 25.9 Å². The molecule has 2 aromatic heterocycles. The topological polar surface area (TPSA) is 72.2 Å². The van der Waals surface area contributed by atoms with Gasteiger partial charge in [-0.15, -0.1) is 0 Å². The fourth-order valence-electron chi connectivity index (χ4n) is 2.17. The van der Waals surface area contributed by atoms with Gasteiger partial charge in [-0.25, -0.2) is 5.43 Å². The van der Waals surface area contributed by atoms with Gasteiger partial charge in [0.15, 0.2) is 0 Å². The smallest absolute Gasteiger partial charge is 0.128 e. The average molecular weight is 356 g/mol. The van der Waals surface area contributed by atoms with E-state index in [4.69, 9.17) is 10.3 Å². The number of nitrogens with zero attached hydrogens (tertiary/aromatic N) is 3. The van der Waals surface area contributed by atoms with E-state index in [1.165, 1.54) is 0 Å². The molecule has 0 radical (unpaired) electrons. The van der Waals surface area contributed by atoms with E-state index < -0.39 is 0 Å². The van der Waals surface area contributed by atoms with Crippen LogP contribution in [-0.2, 0) is 13.0 Å². The summed E-state index contributed by atoms with van der Waals surface area (Å²) in [5.74, 6) is 7.50. The van der Waals surface area contributed by atoms with Crippen molar-refractivity contribution in [3.05, 3.63) is 40.0 Å². The van der Waals surface area contributed by atoms with E-state index >= 15 is 0 Å². The van der Waals surface area contributed by atoms with Crippen LogP contribution in [0.1, 0.15) is 30.2 Å². The number of furan rings is 1. The Morgan fingerprint density at radius 3 is 2.81 bits per heavy atom. The van der Waals surface area contributed by atoms with E-state index in [1.807, 2.05) is 30.9 Å². The van der Waals surface area contributed by atoms with Crippen LogP contribution in [0.2, 0.25) is 0 Å². The molecule has 0 aromatic carbocycles. The molecule has 6 nitrogen and oxygen atoms in total. The molecule has 1 unspecified atom stereocenters. The Morgan fingerprint density at radius 1 is 1.48 bits per heavy atom. The first-order valence-electron chi connectivity index (χ1n) is 6.97. The zero-order valence-electron chi connectivity index (χ0n) is 12.6. The molecular formula is C14H22BrN5O. The van der Waals surface area contributed by atoms with Crippen LogP contribution in [0.3, 0.4) is 0 Å². The van der Waals surface area contributed by atoms with Crippen molar-refractivity contribution in [3.63, 3.8) is 0 Å². The van der Waals surface area contributed by atoms with Crippen molar-refractivity contribution in [1.29, 1.82) is 0 Å². The zero-order valence-corrected chi connectivity index (χ0v) is 14.2. The lowest BCUT2D eigenvalue weighted by Crippen LogP contribution is -2.31. The highest BCUT2D eigenvalue weighted by atomic mass is 79.9. The minimum atomic E-state index is -0.232. The van der Waals surface area contributed by atoms with Crippen LogP contribution in [0, 0.1) is 0 Å². The van der Waals surface area contributed by atoms with Crippen LogP contribution in [0.15, 0.2) is 27.2 Å². The lowest BCUT2D eigenvalue weighted by atomic mass is 10.1. The number of hydrazine groups is 1. The molecule has 0 aliphatic rings. The van der Waals surface area contributed by atoms with E-state index in [9.17, 15) is 0 Å². The highest BCUT2D eigenvalue weighted by Gasteiger charge is 2.23. The molecule has 0 saturated carbocycles. The molecular weight excluding hydrogens is 334 g/mol. The van der Waals surface area contributed by atoms with Crippen molar-refractivity contribution in [2.75, 3.05) is 20.6 Å². The summed E-state index contributed by atoms with van der Waals surface area (Å²) in [5, 5.41) is 4.41. The molecule has 0 aliphatic heterocycles. The molecule has 3 N–H and O–H groups in total. The average Bonchev–Trinajstić information content (AvgIpc) is 3.06. The van der Waals surface area contributed by atoms with Crippen LogP contribution in [0.25, 0.3) is 0 Å². The molecule has 2 aromatic rings. The number of hydrogen-bond acceptors (Lipinski definition) is 5. The van der Waals surface area contributed by atoms with Crippen LogP contribution in [0.5, 0.6) is 0 Å². The van der Waals surface area contributed by atoms with Gasteiger partial charge in [-0.2, -0.15) is 5.10 Å². The first-order valence-corrected chi connectivity index (χ1v) is 7.76. The van der Waals surface area contributed by atoms with E-state index in [0.717, 1.165) is 41.2 Å². The second-order valence-electron chi connectivity index (χ2n) is 5.16. The molecule has 21 heavy (non-hydrogen) atoms. The molecule has 1 atom stereocenters. The fourth-order valence-corrected chi connectivity index (χ4v) is 2.69. The third kappa shape index (κ3) is 3.74. The van der Waals surface area contributed by atoms with Crippen LogP contribution >= 0.6 is 15.9 Å². The number of nitrogens with two attached hydrogens (primary N) is 1. The van der Waals surface area contributed by atoms with Gasteiger partial charge >= 0.3 is 0 Å². The van der Waals surface area contributed by atoms with Crippen molar-refractivity contribution in [1.82, 2.24) is 20.1 Å². The lowest BCUT2D eigenvalue weighted by molar-refractivity contribution is 0.358. The number of hydrogen-bond donors (Lipinski definition) is 2. The minimum absolute atomic E-state index is 0.232. The molecule has 0 aliphatic carbocycles. The zero-order chi connectivity index (χ0) is 15.4. The van der Waals surface area contributed by atoms with Crippen molar-refractivity contribution >= 4 is 15.9 Å². The van der Waals surface area contributed by atoms with Gasteiger partial charge in [-0.1, -0.05) is 6.92 Å². The van der Waals surface area contributed by atoms with Crippen LogP contribution < -0.4 is 11.3 Å². The lowest BCUT2D eigenvalue weighted by Gasteiger charge is -2.18. The van der Waals surface area contributed by atoms with E-state index in [-0.39, 0.29) is 6.04 Å². The standard InChI is InChI=1S/C14H22BrN5O/c1-4-10-5-6-12(21-10)13(18-16)14-11(15)9-17-20(14)8-7-19(2)3/h5-6,9,13,18H,4,7-8,16H2,1-3H3. The molecule has 116 valence electrons. The predicted molar refractivity (Wildman–Crippen MR) is 85.7 cm³/mol. The second kappa shape index (κ2) is 7.22. The maximum atomic E-state index is 5.83. The number of rotatable bonds is 7. The summed E-state index contributed by atoms with van der Waals surface area (Å²) < 4.78 is 8.69. The van der Waals surface area contributed by atoms with Gasteiger partial charge in [-0.05, 0) is 42.2 Å². The SMILES string of the molecule is CCc1ccc(C(NN)c2c(Br)cnn2CCN(C)C)o1.